The Balaban J connectivity index is 1.88. The number of esters is 1. The van der Waals surface area contributed by atoms with Gasteiger partial charge >= 0.3 is 5.97 Å². The molecule has 0 spiro atoms. The van der Waals surface area contributed by atoms with E-state index in [1.165, 1.54) is 31.9 Å². The average molecular weight is 221 g/mol. The molecule has 0 atom stereocenters. The molecule has 0 radical (unpaired) electrons. The van der Waals surface area contributed by atoms with Crippen LogP contribution in [0.15, 0.2) is 12.4 Å². The molecule has 1 aromatic heterocycles. The van der Waals surface area contributed by atoms with E-state index in [0.717, 1.165) is 0 Å². The maximum Gasteiger partial charge on any atom is 0.325 e. The molecule has 5 nitrogen and oxygen atoms in total. The molecule has 1 aliphatic carbocycles. The molecule has 86 valence electrons. The van der Waals surface area contributed by atoms with Gasteiger partial charge in [-0.25, -0.2) is 9.97 Å². The minimum absolute atomic E-state index is 0.0965. The summed E-state index contributed by atoms with van der Waals surface area (Å²) in [6.07, 6.45) is 7.43. The fourth-order valence-electron chi connectivity index (χ4n) is 1.61. The number of carbonyl (C=O) groups excluding carboxylic acids is 1. The Morgan fingerprint density at radius 1 is 1.50 bits per heavy atom. The number of hydrogen-bond acceptors (Lipinski definition) is 5. The molecule has 2 rings (SSSR count). The van der Waals surface area contributed by atoms with Gasteiger partial charge in [0.1, 0.15) is 6.54 Å². The third-order valence-corrected chi connectivity index (χ3v) is 2.87. The van der Waals surface area contributed by atoms with E-state index in [9.17, 15) is 4.79 Å². The summed E-state index contributed by atoms with van der Waals surface area (Å²) in [5.74, 6) is 0.773. The molecule has 16 heavy (non-hydrogen) atoms. The lowest BCUT2D eigenvalue weighted by molar-refractivity contribution is -0.138. The van der Waals surface area contributed by atoms with Crippen LogP contribution in [0.1, 0.15) is 30.7 Å². The van der Waals surface area contributed by atoms with Crippen molar-refractivity contribution in [3.05, 3.63) is 18.0 Å². The molecule has 1 heterocycles. The van der Waals surface area contributed by atoms with E-state index in [0.29, 0.717) is 11.9 Å². The molecule has 1 aromatic rings. The first-order valence-corrected chi connectivity index (χ1v) is 5.42. The smallest absolute Gasteiger partial charge is 0.325 e. The zero-order valence-electron chi connectivity index (χ0n) is 9.27. The van der Waals surface area contributed by atoms with E-state index >= 15 is 0 Å². The van der Waals surface area contributed by atoms with Crippen molar-refractivity contribution in [1.82, 2.24) is 9.97 Å². The quantitative estimate of drug-likeness (QED) is 0.777. The van der Waals surface area contributed by atoms with Gasteiger partial charge in [-0.15, -0.1) is 0 Å². The van der Waals surface area contributed by atoms with Gasteiger partial charge in [-0.1, -0.05) is 6.42 Å². The van der Waals surface area contributed by atoms with Crippen molar-refractivity contribution >= 4 is 11.9 Å². The maximum absolute atomic E-state index is 10.9. The summed E-state index contributed by atoms with van der Waals surface area (Å²) in [5, 5.41) is 2.80. The first-order valence-electron chi connectivity index (χ1n) is 5.42. The molecule has 0 aromatic carbocycles. The topological polar surface area (TPSA) is 64.1 Å². The summed E-state index contributed by atoms with van der Waals surface area (Å²) < 4.78 is 4.50. The second kappa shape index (κ2) is 4.92. The highest BCUT2D eigenvalue weighted by atomic mass is 16.5. The molecule has 1 fully saturated rings. The van der Waals surface area contributed by atoms with E-state index in [4.69, 9.17) is 0 Å². The highest BCUT2D eigenvalue weighted by Crippen LogP contribution is 2.35. The Morgan fingerprint density at radius 2 is 2.19 bits per heavy atom. The van der Waals surface area contributed by atoms with Gasteiger partial charge in [0.15, 0.2) is 0 Å². The minimum atomic E-state index is -0.327. The summed E-state index contributed by atoms with van der Waals surface area (Å²) in [7, 11) is 1.35. The van der Waals surface area contributed by atoms with Crippen molar-refractivity contribution in [2.75, 3.05) is 19.0 Å². The zero-order valence-corrected chi connectivity index (χ0v) is 9.27. The Hall–Kier alpha value is -1.65. The van der Waals surface area contributed by atoms with Gasteiger partial charge in [-0.2, -0.15) is 0 Å². The van der Waals surface area contributed by atoms with Crippen LogP contribution in [0.5, 0.6) is 0 Å². The van der Waals surface area contributed by atoms with Crippen LogP contribution in [-0.4, -0.2) is 29.6 Å². The number of nitrogens with zero attached hydrogens (tertiary/aromatic N) is 2. The second-order valence-corrected chi connectivity index (χ2v) is 3.90. The molecule has 0 saturated heterocycles. The average Bonchev–Trinajstić information content (AvgIpc) is 2.25. The Bertz CT molecular complexity index is 360. The predicted octanol–water partition coefficient (Wildman–Crippen LogP) is 1.33. The van der Waals surface area contributed by atoms with Crippen LogP contribution in [0.4, 0.5) is 5.95 Å². The van der Waals surface area contributed by atoms with Crippen LogP contribution in [0.3, 0.4) is 0 Å². The first-order chi connectivity index (χ1) is 7.79. The molecular formula is C11H15N3O2. The first kappa shape index (κ1) is 10.9. The summed E-state index contributed by atoms with van der Waals surface area (Å²) in [6.45, 7) is 0.0965. The van der Waals surface area contributed by atoms with Crippen molar-refractivity contribution in [3.8, 4) is 0 Å². The standard InChI is InChI=1S/C11H15N3O2/c1-16-10(15)7-14-11-12-5-9(6-13-11)8-3-2-4-8/h5-6,8H,2-4,7H2,1H3,(H,12,13,14). The summed E-state index contributed by atoms with van der Waals surface area (Å²) in [5.41, 5.74) is 1.19. The minimum Gasteiger partial charge on any atom is -0.468 e. The van der Waals surface area contributed by atoms with Gasteiger partial charge in [0, 0.05) is 12.4 Å². The van der Waals surface area contributed by atoms with Crippen LogP contribution in [0.2, 0.25) is 0 Å². The molecular weight excluding hydrogens is 206 g/mol. The van der Waals surface area contributed by atoms with Crippen molar-refractivity contribution in [2.45, 2.75) is 25.2 Å². The number of anilines is 1. The zero-order chi connectivity index (χ0) is 11.4. The molecule has 0 amide bonds. The Labute approximate surface area is 94.2 Å². The predicted molar refractivity (Wildman–Crippen MR) is 59.1 cm³/mol. The summed E-state index contributed by atoms with van der Waals surface area (Å²) in [6, 6.07) is 0. The molecule has 1 N–H and O–H groups in total. The number of nitrogens with one attached hydrogen (secondary N) is 1. The summed E-state index contributed by atoms with van der Waals surface area (Å²) in [4.78, 5) is 19.2. The number of ether oxygens (including phenoxy) is 1. The fraction of sp³-hybridized carbons (Fsp3) is 0.545. The van der Waals surface area contributed by atoms with Crippen LogP contribution < -0.4 is 5.32 Å². The van der Waals surface area contributed by atoms with Gasteiger partial charge in [0.05, 0.1) is 7.11 Å². The largest absolute Gasteiger partial charge is 0.468 e. The molecule has 5 heteroatoms. The van der Waals surface area contributed by atoms with Crippen LogP contribution in [-0.2, 0) is 9.53 Å². The van der Waals surface area contributed by atoms with Crippen molar-refractivity contribution in [1.29, 1.82) is 0 Å². The Kier molecular flexibility index (Phi) is 3.34. The number of hydrogen-bond donors (Lipinski definition) is 1. The molecule has 0 aliphatic heterocycles. The lowest BCUT2D eigenvalue weighted by atomic mass is 9.81. The normalized spacial score (nSPS) is 15.3. The highest BCUT2D eigenvalue weighted by Gasteiger charge is 2.19. The highest BCUT2D eigenvalue weighted by molar-refractivity contribution is 5.73. The van der Waals surface area contributed by atoms with E-state index in [1.54, 1.807) is 0 Å². The number of carbonyl (C=O) groups is 1. The second-order valence-electron chi connectivity index (χ2n) is 3.90. The van der Waals surface area contributed by atoms with Crippen molar-refractivity contribution in [2.24, 2.45) is 0 Å². The van der Waals surface area contributed by atoms with Gasteiger partial charge < -0.3 is 10.1 Å². The third-order valence-electron chi connectivity index (χ3n) is 2.87. The van der Waals surface area contributed by atoms with Crippen molar-refractivity contribution < 1.29 is 9.53 Å². The lowest BCUT2D eigenvalue weighted by Gasteiger charge is -2.24. The van der Waals surface area contributed by atoms with Gasteiger partial charge in [0.2, 0.25) is 5.95 Å². The Morgan fingerprint density at radius 3 is 2.69 bits per heavy atom. The molecule has 0 unspecified atom stereocenters. The lowest BCUT2D eigenvalue weighted by Crippen LogP contribution is -2.17. The third kappa shape index (κ3) is 2.48. The number of methoxy groups -OCH3 is 1. The van der Waals surface area contributed by atoms with Gasteiger partial charge in [-0.3, -0.25) is 4.79 Å². The van der Waals surface area contributed by atoms with E-state index < -0.39 is 0 Å². The molecule has 1 saturated carbocycles. The fourth-order valence-corrected chi connectivity index (χ4v) is 1.61. The maximum atomic E-state index is 10.9. The van der Waals surface area contributed by atoms with E-state index in [-0.39, 0.29) is 12.5 Å². The summed E-state index contributed by atoms with van der Waals surface area (Å²) >= 11 is 0. The van der Waals surface area contributed by atoms with Crippen LogP contribution >= 0.6 is 0 Å². The van der Waals surface area contributed by atoms with Gasteiger partial charge in [0.25, 0.3) is 0 Å². The van der Waals surface area contributed by atoms with Gasteiger partial charge in [-0.05, 0) is 24.3 Å². The van der Waals surface area contributed by atoms with Crippen LogP contribution in [0.25, 0.3) is 0 Å². The van der Waals surface area contributed by atoms with Crippen LogP contribution in [0, 0.1) is 0 Å². The number of rotatable bonds is 4. The molecule has 0 bridgehead atoms. The SMILES string of the molecule is COC(=O)CNc1ncc(C2CCC2)cn1. The molecule has 1 aliphatic rings. The van der Waals surface area contributed by atoms with E-state index in [2.05, 4.69) is 20.0 Å². The van der Waals surface area contributed by atoms with E-state index in [1.807, 2.05) is 12.4 Å². The van der Waals surface area contributed by atoms with Crippen molar-refractivity contribution in [3.63, 3.8) is 0 Å². The number of aromatic nitrogens is 2. The monoisotopic (exact) mass is 221 g/mol.